The maximum atomic E-state index is 15.3. The number of amides is 1. The van der Waals surface area contributed by atoms with E-state index in [2.05, 4.69) is 15.0 Å². The van der Waals surface area contributed by atoms with Gasteiger partial charge in [-0.05, 0) is 49.2 Å². The number of rotatable bonds is 8. The standard InChI is InChI=1S/C28H21F4N5O4/c1-36-24(22-19(29)11-18(40-2)12-20(22)30)23(35-26(38)15-5-8-17(9-6-15)41-28(31)32)27(39)37(36)25-16(13-33)7-10-21(34-25)14-3-4-14/h5-12,14,28H,3-4H2,1-2H3,(H,35,38). The van der Waals surface area contributed by atoms with Crippen LogP contribution >= 0.6 is 0 Å². The van der Waals surface area contributed by atoms with Crippen molar-refractivity contribution in [3.63, 3.8) is 0 Å². The van der Waals surface area contributed by atoms with Crippen molar-refractivity contribution >= 4 is 11.6 Å². The highest BCUT2D eigenvalue weighted by atomic mass is 19.3. The number of carbonyl (C=O) groups is 1. The number of alkyl halides is 2. The van der Waals surface area contributed by atoms with E-state index in [0.717, 1.165) is 46.5 Å². The van der Waals surface area contributed by atoms with Crippen molar-refractivity contribution in [2.75, 3.05) is 12.4 Å². The van der Waals surface area contributed by atoms with Crippen molar-refractivity contribution < 1.29 is 31.8 Å². The molecule has 1 fully saturated rings. The number of benzene rings is 2. The van der Waals surface area contributed by atoms with Crippen LogP contribution in [0, 0.1) is 23.0 Å². The Hall–Kier alpha value is -5.12. The Labute approximate surface area is 230 Å². The fraction of sp³-hybridized carbons (Fsp3) is 0.214. The molecule has 0 unspecified atom stereocenters. The molecule has 0 radical (unpaired) electrons. The van der Waals surface area contributed by atoms with Gasteiger partial charge in [-0.3, -0.25) is 14.3 Å². The van der Waals surface area contributed by atoms with Crippen LogP contribution in [0.1, 0.15) is 40.4 Å². The highest BCUT2D eigenvalue weighted by Crippen LogP contribution is 2.40. The predicted octanol–water partition coefficient (Wildman–Crippen LogP) is 5.13. The number of hydrogen-bond donors (Lipinski definition) is 1. The monoisotopic (exact) mass is 567 g/mol. The molecule has 2 aromatic heterocycles. The summed E-state index contributed by atoms with van der Waals surface area (Å²) in [7, 11) is 2.56. The maximum absolute atomic E-state index is 15.3. The lowest BCUT2D eigenvalue weighted by molar-refractivity contribution is -0.0498. The lowest BCUT2D eigenvalue weighted by atomic mass is 10.1. The number of nitrogens with zero attached hydrogens (tertiary/aromatic N) is 4. The molecular formula is C28H21F4N5O4. The molecule has 1 aliphatic rings. The maximum Gasteiger partial charge on any atom is 0.387 e. The van der Waals surface area contributed by atoms with Gasteiger partial charge in [0.1, 0.15) is 40.6 Å². The minimum absolute atomic E-state index is 0.0202. The molecule has 1 N–H and O–H groups in total. The van der Waals surface area contributed by atoms with Crippen molar-refractivity contribution in [1.29, 1.82) is 5.26 Å². The van der Waals surface area contributed by atoms with Crippen LogP contribution < -0.4 is 20.3 Å². The number of ether oxygens (including phenoxy) is 2. The average molecular weight is 567 g/mol. The van der Waals surface area contributed by atoms with Crippen molar-refractivity contribution in [2.24, 2.45) is 7.05 Å². The second-order valence-corrected chi connectivity index (χ2v) is 9.18. The van der Waals surface area contributed by atoms with Crippen LogP contribution in [0.5, 0.6) is 11.5 Å². The molecule has 0 aliphatic heterocycles. The first-order valence-electron chi connectivity index (χ1n) is 12.3. The molecule has 41 heavy (non-hydrogen) atoms. The number of nitriles is 1. The average Bonchev–Trinajstić information content (AvgIpc) is 3.76. The van der Waals surface area contributed by atoms with E-state index in [-0.39, 0.29) is 40.1 Å². The van der Waals surface area contributed by atoms with E-state index >= 15 is 8.78 Å². The lowest BCUT2D eigenvalue weighted by Crippen LogP contribution is -2.24. The quantitative estimate of drug-likeness (QED) is 0.296. The Morgan fingerprint density at radius 1 is 1.10 bits per heavy atom. The molecule has 1 aliphatic carbocycles. The number of methoxy groups -OCH3 is 1. The second-order valence-electron chi connectivity index (χ2n) is 9.18. The Morgan fingerprint density at radius 2 is 1.76 bits per heavy atom. The summed E-state index contributed by atoms with van der Waals surface area (Å²) < 4.78 is 66.9. The van der Waals surface area contributed by atoms with Crippen LogP contribution in [0.2, 0.25) is 0 Å². The van der Waals surface area contributed by atoms with Gasteiger partial charge in [0, 0.05) is 36.4 Å². The lowest BCUT2D eigenvalue weighted by Gasteiger charge is -2.14. The Bertz CT molecular complexity index is 1730. The fourth-order valence-electron chi connectivity index (χ4n) is 4.43. The van der Waals surface area contributed by atoms with Gasteiger partial charge in [-0.1, -0.05) is 0 Å². The third-order valence-electron chi connectivity index (χ3n) is 6.55. The van der Waals surface area contributed by atoms with Crippen molar-refractivity contribution in [3.05, 3.63) is 87.3 Å². The van der Waals surface area contributed by atoms with E-state index in [9.17, 15) is 23.6 Å². The molecule has 210 valence electrons. The normalized spacial score (nSPS) is 12.7. The number of carbonyl (C=O) groups excluding carboxylic acids is 1. The summed E-state index contributed by atoms with van der Waals surface area (Å²) in [5.41, 5.74) is -1.80. The number of anilines is 1. The van der Waals surface area contributed by atoms with Crippen LogP contribution in [-0.2, 0) is 7.05 Å². The highest BCUT2D eigenvalue weighted by Gasteiger charge is 2.30. The SMILES string of the molecule is COc1cc(F)c(-c2c(NC(=O)c3ccc(OC(F)F)cc3)c(=O)n(-c3nc(C4CC4)ccc3C#N)n2C)c(F)c1. The molecule has 4 aromatic rings. The number of aromatic nitrogens is 3. The molecule has 13 heteroatoms. The summed E-state index contributed by atoms with van der Waals surface area (Å²) in [4.78, 5) is 31.5. The van der Waals surface area contributed by atoms with Crippen molar-refractivity contribution in [1.82, 2.24) is 14.3 Å². The van der Waals surface area contributed by atoms with E-state index in [1.807, 2.05) is 6.07 Å². The molecule has 1 amide bonds. The molecule has 1 saturated carbocycles. The Kier molecular flexibility index (Phi) is 7.23. The summed E-state index contributed by atoms with van der Waals surface area (Å²) in [6, 6.07) is 11.6. The van der Waals surface area contributed by atoms with E-state index in [1.54, 1.807) is 6.07 Å². The van der Waals surface area contributed by atoms with Crippen molar-refractivity contribution in [2.45, 2.75) is 25.4 Å². The van der Waals surface area contributed by atoms with Crippen LogP contribution in [0.25, 0.3) is 17.1 Å². The fourth-order valence-corrected chi connectivity index (χ4v) is 4.43. The van der Waals surface area contributed by atoms with E-state index in [1.165, 1.54) is 32.4 Å². The predicted molar refractivity (Wildman–Crippen MR) is 138 cm³/mol. The number of halogens is 4. The smallest absolute Gasteiger partial charge is 0.387 e. The topological polar surface area (TPSA) is 111 Å². The molecule has 2 aromatic carbocycles. The molecule has 0 saturated heterocycles. The zero-order chi connectivity index (χ0) is 29.4. The van der Waals surface area contributed by atoms with E-state index in [4.69, 9.17) is 4.74 Å². The van der Waals surface area contributed by atoms with Gasteiger partial charge in [-0.25, -0.2) is 13.8 Å². The minimum Gasteiger partial charge on any atom is -0.497 e. The number of nitrogens with one attached hydrogen (secondary N) is 1. The zero-order valence-corrected chi connectivity index (χ0v) is 21.6. The van der Waals surface area contributed by atoms with Crippen LogP contribution in [0.4, 0.5) is 23.2 Å². The number of hydrogen-bond acceptors (Lipinski definition) is 6. The highest BCUT2D eigenvalue weighted by molar-refractivity contribution is 6.06. The molecule has 9 nitrogen and oxygen atoms in total. The minimum atomic E-state index is -3.07. The number of pyridine rings is 1. The summed E-state index contributed by atoms with van der Waals surface area (Å²) >= 11 is 0. The van der Waals surface area contributed by atoms with Crippen LogP contribution in [-0.4, -0.2) is 34.0 Å². The molecule has 5 rings (SSSR count). The molecule has 0 bridgehead atoms. The first kappa shape index (κ1) is 27.4. The van der Waals surface area contributed by atoms with Gasteiger partial charge in [0.15, 0.2) is 5.82 Å². The summed E-state index contributed by atoms with van der Waals surface area (Å²) in [5, 5.41) is 12.1. The largest absolute Gasteiger partial charge is 0.497 e. The van der Waals surface area contributed by atoms with E-state index in [0.29, 0.717) is 5.69 Å². The van der Waals surface area contributed by atoms with Gasteiger partial charge in [0.05, 0.1) is 18.2 Å². The van der Waals surface area contributed by atoms with Gasteiger partial charge in [-0.15, -0.1) is 0 Å². The molecule has 2 heterocycles. The summed E-state index contributed by atoms with van der Waals surface area (Å²) in [6.07, 6.45) is 1.77. The Balaban J connectivity index is 1.69. The van der Waals surface area contributed by atoms with Crippen LogP contribution in [0.15, 0.2) is 53.3 Å². The summed E-state index contributed by atoms with van der Waals surface area (Å²) in [5.74, 6) is -3.28. The summed E-state index contributed by atoms with van der Waals surface area (Å²) in [6.45, 7) is -3.07. The first-order chi connectivity index (χ1) is 19.6. The zero-order valence-electron chi connectivity index (χ0n) is 21.6. The molecular weight excluding hydrogens is 546 g/mol. The van der Waals surface area contributed by atoms with Gasteiger partial charge in [0.25, 0.3) is 11.5 Å². The van der Waals surface area contributed by atoms with Gasteiger partial charge in [-0.2, -0.15) is 18.7 Å². The van der Waals surface area contributed by atoms with E-state index < -0.39 is 41.0 Å². The van der Waals surface area contributed by atoms with Crippen molar-refractivity contribution in [3.8, 4) is 34.6 Å². The third kappa shape index (κ3) is 5.23. The van der Waals surface area contributed by atoms with Gasteiger partial charge >= 0.3 is 6.61 Å². The van der Waals surface area contributed by atoms with Gasteiger partial charge in [0.2, 0.25) is 0 Å². The van der Waals surface area contributed by atoms with Gasteiger partial charge < -0.3 is 14.8 Å². The Morgan fingerprint density at radius 3 is 2.32 bits per heavy atom. The molecule has 0 atom stereocenters. The molecule has 0 spiro atoms. The van der Waals surface area contributed by atoms with Crippen LogP contribution in [0.3, 0.4) is 0 Å². The first-order valence-corrected chi connectivity index (χ1v) is 12.3. The third-order valence-corrected chi connectivity index (χ3v) is 6.55. The second kappa shape index (κ2) is 10.8.